The lowest BCUT2D eigenvalue weighted by atomic mass is 9.72. The molecule has 0 aromatic carbocycles. The number of hydrogen-bond donors (Lipinski definition) is 0. The minimum absolute atomic E-state index is 0.00509. The van der Waals surface area contributed by atoms with Crippen LogP contribution in [0.15, 0.2) is 0 Å². The topological polar surface area (TPSA) is 17.1 Å². The second-order valence-corrected chi connectivity index (χ2v) is 4.45. The van der Waals surface area contributed by atoms with E-state index in [2.05, 4.69) is 19.8 Å². The summed E-state index contributed by atoms with van der Waals surface area (Å²) in [5.74, 6) is 2.38. The first-order chi connectivity index (χ1) is 5.55. The minimum atomic E-state index is 0.00509. The van der Waals surface area contributed by atoms with Crippen LogP contribution in [0.2, 0.25) is 0 Å². The van der Waals surface area contributed by atoms with Gasteiger partial charge in [-0.1, -0.05) is 13.8 Å². The molecule has 0 radical (unpaired) electrons. The Morgan fingerprint density at radius 2 is 1.92 bits per heavy atom. The monoisotopic (exact) mass is 164 g/mol. The zero-order chi connectivity index (χ0) is 9.19. The van der Waals surface area contributed by atoms with E-state index in [1.807, 2.05) is 0 Å². The minimum Gasteiger partial charge on any atom is -0.285 e. The van der Waals surface area contributed by atoms with Crippen LogP contribution < -0.4 is 0 Å². The van der Waals surface area contributed by atoms with Crippen molar-refractivity contribution in [3.8, 4) is 12.3 Å². The lowest BCUT2D eigenvalue weighted by Gasteiger charge is -2.32. The lowest BCUT2D eigenvalue weighted by molar-refractivity contribution is -0.118. The first-order valence-corrected chi connectivity index (χ1v) is 4.56. The van der Waals surface area contributed by atoms with Gasteiger partial charge in [-0.25, -0.2) is 0 Å². The predicted molar refractivity (Wildman–Crippen MR) is 49.6 cm³/mol. The van der Waals surface area contributed by atoms with E-state index < -0.39 is 0 Å². The number of carbonyl (C=O) groups is 1. The molecule has 0 spiro atoms. The molecule has 1 rings (SSSR count). The molecule has 0 heterocycles. The molecule has 0 aromatic heterocycles. The summed E-state index contributed by atoms with van der Waals surface area (Å²) in [6.45, 7) is 4.51. The highest BCUT2D eigenvalue weighted by Gasteiger charge is 2.29. The molecule has 1 saturated carbocycles. The maximum atomic E-state index is 11.1. The van der Waals surface area contributed by atoms with Crippen LogP contribution in [0.25, 0.3) is 0 Å². The van der Waals surface area contributed by atoms with Crippen LogP contribution in [0.5, 0.6) is 0 Å². The molecule has 66 valence electrons. The van der Waals surface area contributed by atoms with Crippen LogP contribution in [0.4, 0.5) is 0 Å². The van der Waals surface area contributed by atoms with Gasteiger partial charge in [-0.05, 0) is 37.0 Å². The third kappa shape index (κ3) is 2.11. The summed E-state index contributed by atoms with van der Waals surface area (Å²) in [6.07, 6.45) is 9.30. The number of terminal acetylenes is 1. The zero-order valence-corrected chi connectivity index (χ0v) is 7.89. The molecular formula is C11H16O. The maximum Gasteiger partial charge on any atom is 0.208 e. The Bertz CT molecular complexity index is 210. The second-order valence-electron chi connectivity index (χ2n) is 4.45. The zero-order valence-electron chi connectivity index (χ0n) is 7.89. The van der Waals surface area contributed by atoms with Crippen molar-refractivity contribution in [2.24, 2.45) is 11.3 Å². The molecule has 1 nitrogen and oxygen atoms in total. The predicted octanol–water partition coefficient (Wildman–Crippen LogP) is 2.41. The van der Waals surface area contributed by atoms with E-state index in [1.54, 1.807) is 0 Å². The number of Topliss-reactive ketones (excluding diaryl/α,β-unsaturated/α-hetero) is 1. The molecule has 0 bridgehead atoms. The number of carbonyl (C=O) groups excluding carboxylic acids is 1. The van der Waals surface area contributed by atoms with Gasteiger partial charge in [0.05, 0.1) is 0 Å². The van der Waals surface area contributed by atoms with Gasteiger partial charge in [-0.3, -0.25) is 4.79 Å². The number of hydrogen-bond acceptors (Lipinski definition) is 1. The van der Waals surface area contributed by atoms with E-state index in [0.29, 0.717) is 5.41 Å². The largest absolute Gasteiger partial charge is 0.285 e. The van der Waals surface area contributed by atoms with E-state index in [0.717, 1.165) is 25.7 Å². The van der Waals surface area contributed by atoms with Crippen molar-refractivity contribution in [2.75, 3.05) is 0 Å². The van der Waals surface area contributed by atoms with Crippen molar-refractivity contribution in [2.45, 2.75) is 39.5 Å². The third-order valence-corrected chi connectivity index (χ3v) is 2.85. The van der Waals surface area contributed by atoms with Gasteiger partial charge < -0.3 is 0 Å². The molecule has 1 fully saturated rings. The van der Waals surface area contributed by atoms with E-state index in [1.165, 1.54) is 0 Å². The third-order valence-electron chi connectivity index (χ3n) is 2.85. The summed E-state index contributed by atoms with van der Waals surface area (Å²) in [5.41, 5.74) is 0.422. The summed E-state index contributed by atoms with van der Waals surface area (Å²) < 4.78 is 0. The molecule has 0 aromatic rings. The summed E-state index contributed by atoms with van der Waals surface area (Å²) in [6, 6.07) is 0. The fourth-order valence-electron chi connectivity index (χ4n) is 1.78. The van der Waals surface area contributed by atoms with Crippen LogP contribution in [0.3, 0.4) is 0 Å². The molecule has 1 aliphatic carbocycles. The quantitative estimate of drug-likeness (QED) is 0.429. The Kier molecular flexibility index (Phi) is 2.57. The van der Waals surface area contributed by atoms with Gasteiger partial charge in [0, 0.05) is 5.92 Å². The molecule has 12 heavy (non-hydrogen) atoms. The molecule has 0 N–H and O–H groups in total. The van der Waals surface area contributed by atoms with Crippen LogP contribution in [0.1, 0.15) is 39.5 Å². The highest BCUT2D eigenvalue weighted by molar-refractivity contribution is 5.96. The molecule has 0 unspecified atom stereocenters. The summed E-state index contributed by atoms with van der Waals surface area (Å²) >= 11 is 0. The first kappa shape index (κ1) is 9.32. The van der Waals surface area contributed by atoms with Crippen molar-refractivity contribution < 1.29 is 4.79 Å². The van der Waals surface area contributed by atoms with Crippen LogP contribution >= 0.6 is 0 Å². The van der Waals surface area contributed by atoms with Crippen molar-refractivity contribution in [1.29, 1.82) is 0 Å². The Balaban J connectivity index is 2.48. The van der Waals surface area contributed by atoms with Gasteiger partial charge in [-0.2, -0.15) is 0 Å². The summed E-state index contributed by atoms with van der Waals surface area (Å²) in [5, 5.41) is 0. The summed E-state index contributed by atoms with van der Waals surface area (Å²) in [4.78, 5) is 11.1. The Morgan fingerprint density at radius 3 is 2.33 bits per heavy atom. The highest BCUT2D eigenvalue weighted by atomic mass is 16.1. The molecule has 0 aliphatic heterocycles. The van der Waals surface area contributed by atoms with Gasteiger partial charge in [-0.15, -0.1) is 6.42 Å². The van der Waals surface area contributed by atoms with E-state index in [-0.39, 0.29) is 11.7 Å². The molecule has 0 amide bonds. The maximum absolute atomic E-state index is 11.1. The van der Waals surface area contributed by atoms with Gasteiger partial charge in [0.1, 0.15) is 0 Å². The summed E-state index contributed by atoms with van der Waals surface area (Å²) in [7, 11) is 0. The van der Waals surface area contributed by atoms with Crippen molar-refractivity contribution >= 4 is 5.78 Å². The van der Waals surface area contributed by atoms with Crippen LogP contribution in [-0.2, 0) is 4.79 Å². The SMILES string of the molecule is C#CC(=O)C1CCC(C)(C)CC1. The van der Waals surface area contributed by atoms with E-state index in [9.17, 15) is 4.79 Å². The average molecular weight is 164 g/mol. The Hall–Kier alpha value is -0.770. The van der Waals surface area contributed by atoms with Crippen LogP contribution in [-0.4, -0.2) is 5.78 Å². The van der Waals surface area contributed by atoms with Crippen molar-refractivity contribution in [1.82, 2.24) is 0 Å². The van der Waals surface area contributed by atoms with Gasteiger partial charge in [0.15, 0.2) is 0 Å². The van der Waals surface area contributed by atoms with Crippen LogP contribution in [0, 0.1) is 23.7 Å². The molecular weight excluding hydrogens is 148 g/mol. The van der Waals surface area contributed by atoms with Gasteiger partial charge in [0.2, 0.25) is 5.78 Å². The first-order valence-electron chi connectivity index (χ1n) is 4.56. The number of rotatable bonds is 1. The lowest BCUT2D eigenvalue weighted by Crippen LogP contribution is -2.25. The molecule has 1 heteroatoms. The molecule has 1 aliphatic rings. The number of ketones is 1. The Labute approximate surface area is 74.5 Å². The van der Waals surface area contributed by atoms with E-state index >= 15 is 0 Å². The normalized spacial score (nSPS) is 23.1. The average Bonchev–Trinajstić information content (AvgIpc) is 2.03. The van der Waals surface area contributed by atoms with E-state index in [4.69, 9.17) is 6.42 Å². The Morgan fingerprint density at radius 1 is 1.42 bits per heavy atom. The second kappa shape index (κ2) is 3.31. The standard InChI is InChI=1S/C11H16O/c1-4-10(12)9-5-7-11(2,3)8-6-9/h1,9H,5-8H2,2-3H3. The highest BCUT2D eigenvalue weighted by Crippen LogP contribution is 2.38. The van der Waals surface area contributed by atoms with Crippen molar-refractivity contribution in [3.63, 3.8) is 0 Å². The smallest absolute Gasteiger partial charge is 0.208 e. The van der Waals surface area contributed by atoms with Gasteiger partial charge in [0.25, 0.3) is 0 Å². The fraction of sp³-hybridized carbons (Fsp3) is 0.727. The fourth-order valence-corrected chi connectivity index (χ4v) is 1.78. The van der Waals surface area contributed by atoms with Crippen molar-refractivity contribution in [3.05, 3.63) is 0 Å². The molecule has 0 atom stereocenters. The molecule has 0 saturated heterocycles. The van der Waals surface area contributed by atoms with Gasteiger partial charge >= 0.3 is 0 Å².